The lowest BCUT2D eigenvalue weighted by atomic mass is 10.2. The van der Waals surface area contributed by atoms with Crippen molar-refractivity contribution in [1.82, 2.24) is 4.98 Å². The first-order chi connectivity index (χ1) is 8.58. The Labute approximate surface area is 110 Å². The number of alkyl halides is 7. The van der Waals surface area contributed by atoms with Crippen LogP contribution in [-0.4, -0.2) is 17.6 Å². The number of aromatic nitrogens is 1. The van der Waals surface area contributed by atoms with Crippen LogP contribution in [0.15, 0.2) is 6.07 Å². The molecule has 1 aromatic rings. The third kappa shape index (κ3) is 4.08. The van der Waals surface area contributed by atoms with Crippen LogP contribution in [0.3, 0.4) is 0 Å². The second-order valence-electron chi connectivity index (χ2n) is 3.18. The zero-order valence-corrected chi connectivity index (χ0v) is 10.4. The summed E-state index contributed by atoms with van der Waals surface area (Å²) in [6, 6.07) is 0.378. The molecule has 0 N–H and O–H groups in total. The van der Waals surface area contributed by atoms with Crippen molar-refractivity contribution in [2.75, 3.05) is 0 Å². The summed E-state index contributed by atoms with van der Waals surface area (Å²) in [5, 5.41) is -0.370. The van der Waals surface area contributed by atoms with E-state index >= 15 is 0 Å². The molecule has 0 unspecified atom stereocenters. The summed E-state index contributed by atoms with van der Waals surface area (Å²) in [7, 11) is 0. The fraction of sp³-hybridized carbons (Fsp3) is 0.333. The van der Waals surface area contributed by atoms with Crippen LogP contribution in [0.25, 0.3) is 0 Å². The van der Waals surface area contributed by atoms with Gasteiger partial charge in [0, 0.05) is 10.9 Å². The Kier molecular flexibility index (Phi) is 4.43. The van der Waals surface area contributed by atoms with Crippen LogP contribution in [0, 0.1) is 0 Å². The number of halogens is 7. The fourth-order valence-corrected chi connectivity index (χ4v) is 1.58. The lowest BCUT2D eigenvalue weighted by Gasteiger charge is -2.15. The summed E-state index contributed by atoms with van der Waals surface area (Å²) in [5.74, 6) is -1.05. The predicted octanol–water partition coefficient (Wildman–Crippen LogP) is 3.71. The average Bonchev–Trinajstić information content (AvgIpc) is 2.25. The molecule has 0 aliphatic rings. The Bertz CT molecular complexity index is 485. The fourth-order valence-electron chi connectivity index (χ4n) is 1.17. The van der Waals surface area contributed by atoms with E-state index in [-0.39, 0.29) is 11.6 Å². The number of hydrogen-bond donors (Lipinski definition) is 0. The largest absolute Gasteiger partial charge is 0.573 e. The second kappa shape index (κ2) is 5.35. The van der Waals surface area contributed by atoms with Crippen molar-refractivity contribution in [2.45, 2.75) is 17.9 Å². The molecule has 19 heavy (non-hydrogen) atoms. The van der Waals surface area contributed by atoms with Crippen LogP contribution in [0.2, 0.25) is 0 Å². The smallest absolute Gasteiger partial charge is 0.403 e. The molecule has 0 saturated carbocycles. The second-order valence-corrected chi connectivity index (χ2v) is 3.74. The molecular weight excluding hydrogens is 348 g/mol. The number of ether oxygens (including phenoxy) is 1. The normalized spacial score (nSPS) is 12.4. The number of carbonyl (C=O) groups is 1. The van der Waals surface area contributed by atoms with Gasteiger partial charge >= 0.3 is 12.5 Å². The third-order valence-electron chi connectivity index (χ3n) is 1.84. The van der Waals surface area contributed by atoms with Gasteiger partial charge in [0.25, 0.3) is 0 Å². The summed E-state index contributed by atoms with van der Waals surface area (Å²) in [6.45, 7) is 0. The molecule has 106 valence electrons. The van der Waals surface area contributed by atoms with Gasteiger partial charge < -0.3 is 4.74 Å². The first-order valence-corrected chi connectivity index (χ1v) is 5.58. The average molecular weight is 352 g/mol. The maximum atomic E-state index is 12.4. The van der Waals surface area contributed by atoms with Gasteiger partial charge in [-0.25, -0.2) is 4.98 Å². The van der Waals surface area contributed by atoms with Crippen LogP contribution in [0.1, 0.15) is 21.7 Å². The molecule has 0 radical (unpaired) electrons. The predicted molar refractivity (Wildman–Crippen MR) is 53.9 cm³/mol. The van der Waals surface area contributed by atoms with Gasteiger partial charge in [0.2, 0.25) is 0 Å². The lowest BCUT2D eigenvalue weighted by Crippen LogP contribution is -2.21. The number of aldehydes is 1. The summed E-state index contributed by atoms with van der Waals surface area (Å²) in [5.41, 5.74) is -3.03. The third-order valence-corrected chi connectivity index (χ3v) is 2.44. The molecule has 3 nitrogen and oxygen atoms in total. The zero-order chi connectivity index (χ0) is 14.8. The van der Waals surface area contributed by atoms with Crippen LogP contribution in [-0.2, 0) is 11.5 Å². The minimum Gasteiger partial charge on any atom is -0.403 e. The Balaban J connectivity index is 3.42. The van der Waals surface area contributed by atoms with Gasteiger partial charge in [0.15, 0.2) is 12.0 Å². The molecule has 0 aliphatic carbocycles. The molecule has 1 heterocycles. The highest BCUT2D eigenvalue weighted by molar-refractivity contribution is 9.08. The first kappa shape index (κ1) is 15.7. The van der Waals surface area contributed by atoms with E-state index in [2.05, 4.69) is 25.7 Å². The van der Waals surface area contributed by atoms with Gasteiger partial charge in [-0.3, -0.25) is 4.79 Å². The molecule has 1 aromatic heterocycles. The van der Waals surface area contributed by atoms with Crippen molar-refractivity contribution in [3.8, 4) is 5.75 Å². The molecule has 0 aliphatic heterocycles. The SMILES string of the molecule is O=Cc1nc(C(F)(F)F)cc(CBr)c1OC(F)(F)F. The van der Waals surface area contributed by atoms with E-state index in [1.54, 1.807) is 0 Å². The number of carbonyl (C=O) groups excluding carboxylic acids is 1. The van der Waals surface area contributed by atoms with Gasteiger partial charge in [-0.1, -0.05) is 15.9 Å². The first-order valence-electron chi connectivity index (χ1n) is 4.46. The minimum atomic E-state index is -5.14. The van der Waals surface area contributed by atoms with Gasteiger partial charge in [0.1, 0.15) is 11.4 Å². The van der Waals surface area contributed by atoms with Gasteiger partial charge in [-0.05, 0) is 6.07 Å². The van der Waals surface area contributed by atoms with E-state index in [9.17, 15) is 31.1 Å². The Morgan fingerprint density at radius 3 is 2.21 bits per heavy atom. The molecule has 1 rings (SSSR count). The highest BCUT2D eigenvalue weighted by Crippen LogP contribution is 2.35. The van der Waals surface area contributed by atoms with Crippen molar-refractivity contribution in [3.63, 3.8) is 0 Å². The topological polar surface area (TPSA) is 39.2 Å². The van der Waals surface area contributed by atoms with Crippen molar-refractivity contribution in [2.24, 2.45) is 0 Å². The van der Waals surface area contributed by atoms with Crippen molar-refractivity contribution in [1.29, 1.82) is 0 Å². The Hall–Kier alpha value is -1.32. The van der Waals surface area contributed by atoms with Gasteiger partial charge in [0.05, 0.1) is 0 Å². The number of nitrogens with zero attached hydrogens (tertiary/aromatic N) is 1. The minimum absolute atomic E-state index is 0.234. The number of pyridine rings is 1. The summed E-state index contributed by atoms with van der Waals surface area (Å²) < 4.78 is 77.1. The Morgan fingerprint density at radius 1 is 1.26 bits per heavy atom. The van der Waals surface area contributed by atoms with Crippen LogP contribution >= 0.6 is 15.9 Å². The number of hydrogen-bond acceptors (Lipinski definition) is 3. The van der Waals surface area contributed by atoms with Crippen molar-refractivity contribution >= 4 is 22.2 Å². The zero-order valence-electron chi connectivity index (χ0n) is 8.77. The van der Waals surface area contributed by atoms with E-state index in [1.165, 1.54) is 0 Å². The maximum Gasteiger partial charge on any atom is 0.573 e. The molecule has 0 bridgehead atoms. The molecule has 0 fully saturated rings. The summed E-state index contributed by atoms with van der Waals surface area (Å²) in [6.07, 6.45) is -10.3. The highest BCUT2D eigenvalue weighted by atomic mass is 79.9. The van der Waals surface area contributed by atoms with E-state index < -0.39 is 35.2 Å². The van der Waals surface area contributed by atoms with Crippen molar-refractivity contribution in [3.05, 3.63) is 23.0 Å². The van der Waals surface area contributed by atoms with Crippen LogP contribution < -0.4 is 4.74 Å². The molecule has 0 atom stereocenters. The van der Waals surface area contributed by atoms with E-state index in [1.807, 2.05) is 0 Å². The van der Waals surface area contributed by atoms with Gasteiger partial charge in [-0.15, -0.1) is 13.2 Å². The quantitative estimate of drug-likeness (QED) is 0.473. The monoisotopic (exact) mass is 351 g/mol. The lowest BCUT2D eigenvalue weighted by molar-refractivity contribution is -0.275. The van der Waals surface area contributed by atoms with Crippen molar-refractivity contribution < 1.29 is 35.9 Å². The van der Waals surface area contributed by atoms with Gasteiger partial charge in [-0.2, -0.15) is 13.2 Å². The molecule has 0 aromatic carbocycles. The summed E-state index contributed by atoms with van der Waals surface area (Å²) >= 11 is 2.72. The van der Waals surface area contributed by atoms with Crippen LogP contribution in [0.5, 0.6) is 5.75 Å². The number of rotatable bonds is 3. The summed E-state index contributed by atoms with van der Waals surface area (Å²) in [4.78, 5) is 13.4. The molecular formula is C9H4BrF6NO2. The molecule has 10 heteroatoms. The Morgan fingerprint density at radius 2 is 1.84 bits per heavy atom. The molecule has 0 amide bonds. The maximum absolute atomic E-state index is 12.4. The van der Waals surface area contributed by atoms with E-state index in [0.29, 0.717) is 6.07 Å². The van der Waals surface area contributed by atoms with Crippen LogP contribution in [0.4, 0.5) is 26.3 Å². The standard InChI is InChI=1S/C9H4BrF6NO2/c10-2-4-1-6(8(11,12)13)17-5(3-18)7(4)19-9(14,15)16/h1,3H,2H2. The van der Waals surface area contributed by atoms with E-state index in [0.717, 1.165) is 0 Å². The van der Waals surface area contributed by atoms with E-state index in [4.69, 9.17) is 0 Å². The highest BCUT2D eigenvalue weighted by Gasteiger charge is 2.37. The molecule has 0 saturated heterocycles. The molecule has 0 spiro atoms.